The standard InChI is InChI=1S/C17H20FNO3/c1-3-8-19(11-17(20)21)10-14-5-7-16(22-14)15-6-4-13(18)9-12(15)2/h4-7,9H,3,8,10-11H2,1-2H3,(H,20,21). The number of carboxylic acids is 1. The molecule has 5 heteroatoms. The van der Waals surface area contributed by atoms with Gasteiger partial charge in [0.1, 0.15) is 17.3 Å². The number of hydrogen-bond acceptors (Lipinski definition) is 3. The molecule has 22 heavy (non-hydrogen) atoms. The van der Waals surface area contributed by atoms with Gasteiger partial charge in [-0.25, -0.2) is 4.39 Å². The lowest BCUT2D eigenvalue weighted by molar-refractivity contribution is -0.138. The number of aliphatic carboxylic acids is 1. The Morgan fingerprint density at radius 3 is 2.73 bits per heavy atom. The predicted molar refractivity (Wildman–Crippen MR) is 82.0 cm³/mol. The van der Waals surface area contributed by atoms with E-state index in [1.165, 1.54) is 12.1 Å². The summed E-state index contributed by atoms with van der Waals surface area (Å²) in [7, 11) is 0. The maximum absolute atomic E-state index is 13.2. The second-order valence-electron chi connectivity index (χ2n) is 5.33. The van der Waals surface area contributed by atoms with Gasteiger partial charge < -0.3 is 9.52 Å². The molecule has 1 aromatic heterocycles. The van der Waals surface area contributed by atoms with Crippen LogP contribution in [0.5, 0.6) is 0 Å². The highest BCUT2D eigenvalue weighted by Crippen LogP contribution is 2.26. The van der Waals surface area contributed by atoms with E-state index in [9.17, 15) is 9.18 Å². The number of aryl methyl sites for hydroxylation is 1. The molecule has 0 aliphatic carbocycles. The monoisotopic (exact) mass is 305 g/mol. The summed E-state index contributed by atoms with van der Waals surface area (Å²) >= 11 is 0. The smallest absolute Gasteiger partial charge is 0.317 e. The topological polar surface area (TPSA) is 53.7 Å². The van der Waals surface area contributed by atoms with Crippen molar-refractivity contribution in [1.82, 2.24) is 4.90 Å². The predicted octanol–water partition coefficient (Wildman–Crippen LogP) is 3.69. The molecular formula is C17H20FNO3. The summed E-state index contributed by atoms with van der Waals surface area (Å²) in [6.45, 7) is 4.95. The molecule has 0 amide bonds. The Morgan fingerprint density at radius 2 is 2.09 bits per heavy atom. The third kappa shape index (κ3) is 4.18. The van der Waals surface area contributed by atoms with Crippen LogP contribution in [0.25, 0.3) is 11.3 Å². The Balaban J connectivity index is 2.14. The van der Waals surface area contributed by atoms with Crippen molar-refractivity contribution in [2.24, 2.45) is 0 Å². The van der Waals surface area contributed by atoms with Gasteiger partial charge in [-0.15, -0.1) is 0 Å². The molecule has 1 heterocycles. The second-order valence-corrected chi connectivity index (χ2v) is 5.33. The van der Waals surface area contributed by atoms with Crippen molar-refractivity contribution >= 4 is 5.97 Å². The maximum Gasteiger partial charge on any atom is 0.317 e. The Kier molecular flexibility index (Phi) is 5.33. The average molecular weight is 305 g/mol. The van der Waals surface area contributed by atoms with Crippen LogP contribution >= 0.6 is 0 Å². The number of halogens is 1. The molecule has 0 unspecified atom stereocenters. The van der Waals surface area contributed by atoms with E-state index < -0.39 is 5.97 Å². The molecule has 0 saturated heterocycles. The Hall–Kier alpha value is -2.14. The first kappa shape index (κ1) is 16.2. The molecule has 1 aromatic carbocycles. The molecule has 1 N–H and O–H groups in total. The van der Waals surface area contributed by atoms with E-state index in [2.05, 4.69) is 0 Å². The van der Waals surface area contributed by atoms with Crippen LogP contribution in [0.1, 0.15) is 24.7 Å². The molecule has 2 aromatic rings. The molecule has 118 valence electrons. The first-order chi connectivity index (χ1) is 10.5. The number of carboxylic acid groups (broad SMARTS) is 1. The van der Waals surface area contributed by atoms with Gasteiger partial charge in [0.05, 0.1) is 13.1 Å². The number of carbonyl (C=O) groups is 1. The number of benzene rings is 1. The van der Waals surface area contributed by atoms with Crippen molar-refractivity contribution < 1.29 is 18.7 Å². The van der Waals surface area contributed by atoms with Crippen LogP contribution in [-0.4, -0.2) is 29.1 Å². The lowest BCUT2D eigenvalue weighted by Gasteiger charge is -2.17. The van der Waals surface area contributed by atoms with E-state index in [4.69, 9.17) is 9.52 Å². The quantitative estimate of drug-likeness (QED) is 0.847. The molecule has 0 aliphatic heterocycles. The first-order valence-electron chi connectivity index (χ1n) is 7.29. The lowest BCUT2D eigenvalue weighted by atomic mass is 10.1. The number of hydrogen-bond donors (Lipinski definition) is 1. The van der Waals surface area contributed by atoms with Crippen LogP contribution in [0.4, 0.5) is 4.39 Å². The van der Waals surface area contributed by atoms with Crippen LogP contribution in [0.3, 0.4) is 0 Å². The van der Waals surface area contributed by atoms with Gasteiger partial charge in [0.2, 0.25) is 0 Å². The zero-order valence-corrected chi connectivity index (χ0v) is 12.8. The van der Waals surface area contributed by atoms with E-state index in [-0.39, 0.29) is 12.4 Å². The minimum absolute atomic E-state index is 0.0144. The largest absolute Gasteiger partial charge is 0.480 e. The highest BCUT2D eigenvalue weighted by molar-refractivity contribution is 5.69. The minimum atomic E-state index is -0.852. The normalized spacial score (nSPS) is 11.1. The van der Waals surface area contributed by atoms with Gasteiger partial charge >= 0.3 is 5.97 Å². The number of furan rings is 1. The van der Waals surface area contributed by atoms with Gasteiger partial charge in [-0.2, -0.15) is 0 Å². The third-order valence-electron chi connectivity index (χ3n) is 3.39. The molecule has 0 atom stereocenters. The van der Waals surface area contributed by atoms with Crippen molar-refractivity contribution in [3.05, 3.63) is 47.5 Å². The minimum Gasteiger partial charge on any atom is -0.480 e. The van der Waals surface area contributed by atoms with E-state index in [1.807, 2.05) is 30.9 Å². The average Bonchev–Trinajstić information content (AvgIpc) is 2.86. The van der Waals surface area contributed by atoms with Crippen molar-refractivity contribution in [2.45, 2.75) is 26.8 Å². The molecular weight excluding hydrogens is 285 g/mol. The van der Waals surface area contributed by atoms with Crippen molar-refractivity contribution in [2.75, 3.05) is 13.1 Å². The molecule has 0 aliphatic rings. The Bertz CT molecular complexity index is 651. The fourth-order valence-electron chi connectivity index (χ4n) is 2.45. The van der Waals surface area contributed by atoms with E-state index in [0.29, 0.717) is 24.6 Å². The number of rotatable bonds is 7. The summed E-state index contributed by atoms with van der Waals surface area (Å²) in [5, 5.41) is 8.93. The zero-order chi connectivity index (χ0) is 16.1. The van der Waals surface area contributed by atoms with E-state index >= 15 is 0 Å². The van der Waals surface area contributed by atoms with Gasteiger partial charge in [-0.1, -0.05) is 6.92 Å². The summed E-state index contributed by atoms with van der Waals surface area (Å²) in [6.07, 6.45) is 0.873. The van der Waals surface area contributed by atoms with Crippen LogP contribution in [-0.2, 0) is 11.3 Å². The molecule has 2 rings (SSSR count). The molecule has 0 radical (unpaired) electrons. The fourth-order valence-corrected chi connectivity index (χ4v) is 2.45. The summed E-state index contributed by atoms with van der Waals surface area (Å²) in [6, 6.07) is 8.22. The molecule has 0 bridgehead atoms. The maximum atomic E-state index is 13.2. The summed E-state index contributed by atoms with van der Waals surface area (Å²) in [5.74, 6) is 0.242. The summed E-state index contributed by atoms with van der Waals surface area (Å²) < 4.78 is 18.9. The van der Waals surface area contributed by atoms with Gasteiger partial charge in [0.25, 0.3) is 0 Å². The second kappa shape index (κ2) is 7.22. The molecule has 0 saturated carbocycles. The van der Waals surface area contributed by atoms with Gasteiger partial charge in [0.15, 0.2) is 0 Å². The highest BCUT2D eigenvalue weighted by Gasteiger charge is 2.13. The van der Waals surface area contributed by atoms with E-state index in [0.717, 1.165) is 17.5 Å². The number of nitrogens with zero attached hydrogens (tertiary/aromatic N) is 1. The van der Waals surface area contributed by atoms with Gasteiger partial charge in [0, 0.05) is 5.56 Å². The Morgan fingerprint density at radius 1 is 1.32 bits per heavy atom. The summed E-state index contributed by atoms with van der Waals surface area (Å²) in [5.41, 5.74) is 1.64. The van der Waals surface area contributed by atoms with Gasteiger partial charge in [-0.3, -0.25) is 9.69 Å². The SMILES string of the molecule is CCCN(CC(=O)O)Cc1ccc(-c2ccc(F)cc2C)o1. The van der Waals surface area contributed by atoms with Crippen LogP contribution in [0, 0.1) is 12.7 Å². The van der Waals surface area contributed by atoms with Crippen LogP contribution < -0.4 is 0 Å². The lowest BCUT2D eigenvalue weighted by Crippen LogP contribution is -2.29. The van der Waals surface area contributed by atoms with Crippen LogP contribution in [0.15, 0.2) is 34.7 Å². The van der Waals surface area contributed by atoms with Crippen molar-refractivity contribution in [1.29, 1.82) is 0 Å². The fraction of sp³-hybridized carbons (Fsp3) is 0.353. The Labute approximate surface area is 129 Å². The van der Waals surface area contributed by atoms with Gasteiger partial charge in [-0.05, 0) is 55.8 Å². The molecule has 0 fully saturated rings. The first-order valence-corrected chi connectivity index (χ1v) is 7.29. The van der Waals surface area contributed by atoms with Crippen LogP contribution in [0.2, 0.25) is 0 Å². The van der Waals surface area contributed by atoms with Crippen molar-refractivity contribution in [3.8, 4) is 11.3 Å². The van der Waals surface area contributed by atoms with Crippen molar-refractivity contribution in [3.63, 3.8) is 0 Å². The highest BCUT2D eigenvalue weighted by atomic mass is 19.1. The summed E-state index contributed by atoms with van der Waals surface area (Å²) in [4.78, 5) is 12.7. The van der Waals surface area contributed by atoms with E-state index in [1.54, 1.807) is 6.07 Å². The zero-order valence-electron chi connectivity index (χ0n) is 12.8. The third-order valence-corrected chi connectivity index (χ3v) is 3.39. The molecule has 0 spiro atoms. The molecule has 4 nitrogen and oxygen atoms in total.